The third kappa shape index (κ3) is 3.15. The van der Waals surface area contributed by atoms with E-state index in [1.807, 2.05) is 6.92 Å². The molecule has 2 heterocycles. The second kappa shape index (κ2) is 6.15. The molecule has 1 aliphatic heterocycles. The molecule has 1 aliphatic rings. The Morgan fingerprint density at radius 1 is 1.60 bits per heavy atom. The second-order valence-corrected chi connectivity index (χ2v) is 7.47. The van der Waals surface area contributed by atoms with E-state index in [2.05, 4.69) is 4.98 Å². The molecule has 9 heteroatoms. The number of aryl methyl sites for hydroxylation is 1. The lowest BCUT2D eigenvalue weighted by atomic mass is 10.2. The number of nitrogens with zero attached hydrogens (tertiary/aromatic N) is 3. The van der Waals surface area contributed by atoms with Gasteiger partial charge in [0, 0.05) is 36.8 Å². The van der Waals surface area contributed by atoms with E-state index < -0.39 is 22.0 Å². The lowest BCUT2D eigenvalue weighted by Gasteiger charge is -2.32. The molecule has 1 N–H and O–H groups in total. The van der Waals surface area contributed by atoms with Gasteiger partial charge in [-0.2, -0.15) is 16.1 Å². The Bertz CT molecular complexity index is 584. The van der Waals surface area contributed by atoms with Crippen molar-refractivity contribution in [3.63, 3.8) is 0 Å². The number of sulfonamides is 1. The maximum absolute atomic E-state index is 12.6. The SMILES string of the molecule is CCn1cnc(S(=O)(=O)N2CCSCC2CC(=O)O)c1. The molecule has 0 saturated carbocycles. The topological polar surface area (TPSA) is 92.5 Å². The summed E-state index contributed by atoms with van der Waals surface area (Å²) in [5.74, 6) is 0.181. The lowest BCUT2D eigenvalue weighted by molar-refractivity contribution is -0.137. The van der Waals surface area contributed by atoms with Crippen LogP contribution in [-0.4, -0.2) is 57.4 Å². The molecule has 1 saturated heterocycles. The zero-order chi connectivity index (χ0) is 14.8. The van der Waals surface area contributed by atoms with Gasteiger partial charge < -0.3 is 9.67 Å². The van der Waals surface area contributed by atoms with Crippen LogP contribution in [0.2, 0.25) is 0 Å². The molecular formula is C11H17N3O4S2. The molecule has 1 aromatic heterocycles. The van der Waals surface area contributed by atoms with Crippen molar-refractivity contribution >= 4 is 27.8 Å². The van der Waals surface area contributed by atoms with Crippen LogP contribution in [0.5, 0.6) is 0 Å². The quantitative estimate of drug-likeness (QED) is 0.849. The first-order valence-electron chi connectivity index (χ1n) is 6.28. The van der Waals surface area contributed by atoms with Crippen molar-refractivity contribution in [2.24, 2.45) is 0 Å². The Kier molecular flexibility index (Phi) is 4.71. The highest BCUT2D eigenvalue weighted by Crippen LogP contribution is 2.25. The van der Waals surface area contributed by atoms with Gasteiger partial charge in [-0.1, -0.05) is 0 Å². The van der Waals surface area contributed by atoms with Crippen LogP contribution in [0.1, 0.15) is 13.3 Å². The molecule has 0 spiro atoms. The highest BCUT2D eigenvalue weighted by Gasteiger charge is 2.36. The summed E-state index contributed by atoms with van der Waals surface area (Å²) in [5, 5.41) is 8.90. The van der Waals surface area contributed by atoms with Crippen LogP contribution in [0.3, 0.4) is 0 Å². The number of carboxylic acids is 1. The second-order valence-electron chi connectivity index (χ2n) is 4.48. The summed E-state index contributed by atoms with van der Waals surface area (Å²) in [6.45, 7) is 2.85. The minimum atomic E-state index is -3.72. The summed E-state index contributed by atoms with van der Waals surface area (Å²) in [4.78, 5) is 14.8. The monoisotopic (exact) mass is 319 g/mol. The largest absolute Gasteiger partial charge is 0.481 e. The van der Waals surface area contributed by atoms with Crippen molar-refractivity contribution in [2.45, 2.75) is 31.0 Å². The van der Waals surface area contributed by atoms with E-state index in [0.29, 0.717) is 24.6 Å². The highest BCUT2D eigenvalue weighted by atomic mass is 32.2. The van der Waals surface area contributed by atoms with Crippen LogP contribution < -0.4 is 0 Å². The van der Waals surface area contributed by atoms with Crippen molar-refractivity contribution in [1.82, 2.24) is 13.9 Å². The number of hydrogen-bond acceptors (Lipinski definition) is 5. The van der Waals surface area contributed by atoms with E-state index in [4.69, 9.17) is 5.11 Å². The van der Waals surface area contributed by atoms with E-state index in [9.17, 15) is 13.2 Å². The molecule has 0 aromatic carbocycles. The van der Waals surface area contributed by atoms with Gasteiger partial charge in [-0.3, -0.25) is 4.79 Å². The summed E-state index contributed by atoms with van der Waals surface area (Å²) in [7, 11) is -3.72. The molecular weight excluding hydrogens is 302 g/mol. The number of aliphatic carboxylic acids is 1. The van der Waals surface area contributed by atoms with Gasteiger partial charge in [0.05, 0.1) is 12.7 Å². The number of carbonyl (C=O) groups is 1. The minimum absolute atomic E-state index is 0.0124. The van der Waals surface area contributed by atoms with E-state index in [1.165, 1.54) is 16.8 Å². The predicted octanol–water partition coefficient (Wildman–Crippen LogP) is 0.484. The average Bonchev–Trinajstić information content (AvgIpc) is 2.88. The Hall–Kier alpha value is -1.06. The summed E-state index contributed by atoms with van der Waals surface area (Å²) >= 11 is 1.57. The van der Waals surface area contributed by atoms with Crippen LogP contribution in [-0.2, 0) is 21.4 Å². The van der Waals surface area contributed by atoms with Crippen LogP contribution in [0, 0.1) is 0 Å². The predicted molar refractivity (Wildman–Crippen MR) is 75.2 cm³/mol. The molecule has 20 heavy (non-hydrogen) atoms. The van der Waals surface area contributed by atoms with Gasteiger partial charge in [-0.25, -0.2) is 13.4 Å². The maximum Gasteiger partial charge on any atom is 0.305 e. The minimum Gasteiger partial charge on any atom is -0.481 e. The number of carboxylic acid groups (broad SMARTS) is 1. The van der Waals surface area contributed by atoms with Crippen molar-refractivity contribution in [3.8, 4) is 0 Å². The van der Waals surface area contributed by atoms with Gasteiger partial charge in [-0.15, -0.1) is 0 Å². The summed E-state index contributed by atoms with van der Waals surface area (Å²) in [6, 6.07) is -0.511. The summed E-state index contributed by atoms with van der Waals surface area (Å²) in [5.41, 5.74) is 0. The van der Waals surface area contributed by atoms with Crippen molar-refractivity contribution in [2.75, 3.05) is 18.1 Å². The smallest absolute Gasteiger partial charge is 0.305 e. The van der Waals surface area contributed by atoms with E-state index >= 15 is 0 Å². The molecule has 1 fully saturated rings. The van der Waals surface area contributed by atoms with Gasteiger partial charge >= 0.3 is 5.97 Å². The Labute approximate surface area is 122 Å². The molecule has 0 aliphatic carbocycles. The van der Waals surface area contributed by atoms with Gasteiger partial charge in [0.25, 0.3) is 10.0 Å². The number of imidazole rings is 1. The van der Waals surface area contributed by atoms with Crippen molar-refractivity contribution < 1.29 is 18.3 Å². The molecule has 1 atom stereocenters. The van der Waals surface area contributed by atoms with Crippen LogP contribution >= 0.6 is 11.8 Å². The van der Waals surface area contributed by atoms with E-state index in [-0.39, 0.29) is 11.4 Å². The first kappa shape index (κ1) is 15.3. The number of rotatable bonds is 5. The summed E-state index contributed by atoms with van der Waals surface area (Å²) < 4.78 is 28.1. The fourth-order valence-corrected chi connectivity index (χ4v) is 4.92. The van der Waals surface area contributed by atoms with Crippen molar-refractivity contribution in [3.05, 3.63) is 12.5 Å². The third-order valence-corrected chi connectivity index (χ3v) is 6.06. The molecule has 7 nitrogen and oxygen atoms in total. The van der Waals surface area contributed by atoms with Crippen molar-refractivity contribution in [1.29, 1.82) is 0 Å². The summed E-state index contributed by atoms with van der Waals surface area (Å²) in [6.07, 6.45) is 2.77. The van der Waals surface area contributed by atoms with Gasteiger partial charge in [0.1, 0.15) is 0 Å². The fraction of sp³-hybridized carbons (Fsp3) is 0.636. The van der Waals surface area contributed by atoms with Gasteiger partial charge in [0.2, 0.25) is 0 Å². The number of aromatic nitrogens is 2. The molecule has 1 aromatic rings. The van der Waals surface area contributed by atoms with Gasteiger partial charge in [0.15, 0.2) is 5.03 Å². The Morgan fingerprint density at radius 2 is 2.35 bits per heavy atom. The number of hydrogen-bond donors (Lipinski definition) is 1. The van der Waals surface area contributed by atoms with Crippen LogP contribution in [0.15, 0.2) is 17.6 Å². The maximum atomic E-state index is 12.6. The zero-order valence-electron chi connectivity index (χ0n) is 11.1. The molecule has 0 radical (unpaired) electrons. The number of thioether (sulfide) groups is 1. The zero-order valence-corrected chi connectivity index (χ0v) is 12.7. The third-order valence-electron chi connectivity index (χ3n) is 3.13. The molecule has 1 unspecified atom stereocenters. The van der Waals surface area contributed by atoms with E-state index in [1.54, 1.807) is 16.3 Å². The van der Waals surface area contributed by atoms with Crippen LogP contribution in [0.25, 0.3) is 0 Å². The molecule has 0 amide bonds. The Morgan fingerprint density at radius 3 is 2.95 bits per heavy atom. The van der Waals surface area contributed by atoms with E-state index in [0.717, 1.165) is 0 Å². The lowest BCUT2D eigenvalue weighted by Crippen LogP contribution is -2.47. The highest BCUT2D eigenvalue weighted by molar-refractivity contribution is 7.99. The average molecular weight is 319 g/mol. The fourth-order valence-electron chi connectivity index (χ4n) is 2.08. The van der Waals surface area contributed by atoms with Gasteiger partial charge in [-0.05, 0) is 6.92 Å². The standard InChI is InChI=1S/C11H17N3O4S2/c1-2-13-6-10(12-8-13)20(17,18)14-3-4-19-7-9(14)5-11(15)16/h6,8-9H,2-5,7H2,1H3,(H,15,16). The van der Waals surface area contributed by atoms with Crippen LogP contribution in [0.4, 0.5) is 0 Å². The molecule has 0 bridgehead atoms. The first-order valence-corrected chi connectivity index (χ1v) is 8.87. The molecule has 2 rings (SSSR count). The molecule has 112 valence electrons. The first-order chi connectivity index (χ1) is 9.45. The Balaban J connectivity index is 2.27. The normalized spacial score (nSPS) is 20.9.